The molecule has 10 nitrogen and oxygen atoms in total. The van der Waals surface area contributed by atoms with Crippen LogP contribution in [0.4, 0.5) is 15.9 Å². The molecule has 7 rings (SSSR count). The first-order chi connectivity index (χ1) is 20.9. The van der Waals surface area contributed by atoms with Crippen molar-refractivity contribution in [3.63, 3.8) is 0 Å². The molecule has 1 aliphatic rings. The maximum atomic E-state index is 14.6. The van der Waals surface area contributed by atoms with Crippen molar-refractivity contribution in [1.82, 2.24) is 34.6 Å². The summed E-state index contributed by atoms with van der Waals surface area (Å²) in [5, 5.41) is 7.38. The maximum Gasteiger partial charge on any atom is 0.254 e. The summed E-state index contributed by atoms with van der Waals surface area (Å²) in [5.41, 5.74) is 12.0. The van der Waals surface area contributed by atoms with Crippen LogP contribution in [0.15, 0.2) is 85.3 Å². The van der Waals surface area contributed by atoms with Gasteiger partial charge in [-0.25, -0.2) is 24.0 Å². The summed E-state index contributed by atoms with van der Waals surface area (Å²) in [7, 11) is 3.70. The third kappa shape index (κ3) is 4.64. The summed E-state index contributed by atoms with van der Waals surface area (Å²) in [6.07, 6.45) is 6.63. The van der Waals surface area contributed by atoms with Crippen molar-refractivity contribution < 1.29 is 9.18 Å². The number of fused-ring (bicyclic) bond motifs is 2. The highest BCUT2D eigenvalue weighted by molar-refractivity contribution is 5.95. The maximum absolute atomic E-state index is 14.6. The minimum atomic E-state index is -0.548. The van der Waals surface area contributed by atoms with E-state index in [4.69, 9.17) is 15.7 Å². The van der Waals surface area contributed by atoms with Crippen LogP contribution in [0.25, 0.3) is 34.1 Å². The Balaban J connectivity index is 1.28. The van der Waals surface area contributed by atoms with Gasteiger partial charge in [0, 0.05) is 44.1 Å². The van der Waals surface area contributed by atoms with E-state index in [0.29, 0.717) is 40.6 Å². The quantitative estimate of drug-likeness (QED) is 0.292. The van der Waals surface area contributed by atoms with Crippen LogP contribution in [-0.4, -0.2) is 49.3 Å². The molecule has 214 valence electrons. The first kappa shape index (κ1) is 26.3. The lowest BCUT2D eigenvalue weighted by Crippen LogP contribution is -2.28. The van der Waals surface area contributed by atoms with Crippen molar-refractivity contribution in [1.29, 1.82) is 0 Å². The zero-order valence-corrected chi connectivity index (χ0v) is 23.6. The van der Waals surface area contributed by atoms with Crippen LogP contribution in [-0.2, 0) is 6.42 Å². The van der Waals surface area contributed by atoms with Gasteiger partial charge in [-0.3, -0.25) is 9.36 Å². The van der Waals surface area contributed by atoms with Gasteiger partial charge in [0.25, 0.3) is 5.91 Å². The number of hydrogen-bond acceptors (Lipinski definition) is 7. The molecule has 6 aromatic rings. The van der Waals surface area contributed by atoms with E-state index in [2.05, 4.69) is 21.5 Å². The molecule has 43 heavy (non-hydrogen) atoms. The van der Waals surface area contributed by atoms with Gasteiger partial charge in [-0.2, -0.15) is 5.10 Å². The van der Waals surface area contributed by atoms with Gasteiger partial charge in [0.2, 0.25) is 0 Å². The summed E-state index contributed by atoms with van der Waals surface area (Å²) >= 11 is 0. The number of nitrogen functional groups attached to an aromatic ring is 1. The van der Waals surface area contributed by atoms with Gasteiger partial charge in [0.1, 0.15) is 17.2 Å². The zero-order chi connectivity index (χ0) is 29.7. The molecule has 1 aliphatic carbocycles. The fourth-order valence-corrected chi connectivity index (χ4v) is 5.61. The van der Waals surface area contributed by atoms with Crippen molar-refractivity contribution in [2.75, 3.05) is 24.7 Å². The second-order valence-corrected chi connectivity index (χ2v) is 10.7. The molecule has 0 saturated carbocycles. The molecule has 0 radical (unpaired) electrons. The van der Waals surface area contributed by atoms with Crippen LogP contribution < -0.4 is 16.0 Å². The van der Waals surface area contributed by atoms with Crippen LogP contribution in [0.2, 0.25) is 0 Å². The molecule has 0 saturated heterocycles. The van der Waals surface area contributed by atoms with Gasteiger partial charge in [-0.1, -0.05) is 6.07 Å². The number of pyridine rings is 2. The van der Waals surface area contributed by atoms with E-state index in [1.54, 1.807) is 29.2 Å². The van der Waals surface area contributed by atoms with E-state index in [0.717, 1.165) is 28.9 Å². The molecule has 0 unspecified atom stereocenters. The first-order valence-corrected chi connectivity index (χ1v) is 13.9. The number of amides is 1. The van der Waals surface area contributed by atoms with Crippen molar-refractivity contribution in [2.45, 2.75) is 18.9 Å². The lowest BCUT2D eigenvalue weighted by molar-refractivity contribution is 0.0932. The lowest BCUT2D eigenvalue weighted by Gasteiger charge is -2.17. The monoisotopic (exact) mass is 573 g/mol. The van der Waals surface area contributed by atoms with Gasteiger partial charge >= 0.3 is 0 Å². The van der Waals surface area contributed by atoms with Gasteiger partial charge in [-0.15, -0.1) is 0 Å². The first-order valence-electron chi connectivity index (χ1n) is 13.9. The number of nitrogens with two attached hydrogens (primary N) is 1. The van der Waals surface area contributed by atoms with E-state index in [1.165, 1.54) is 6.07 Å². The topological polar surface area (TPSA) is 120 Å². The third-order valence-electron chi connectivity index (χ3n) is 7.79. The molecule has 4 aromatic heterocycles. The van der Waals surface area contributed by atoms with Gasteiger partial charge in [0.15, 0.2) is 17.3 Å². The Bertz CT molecular complexity index is 2000. The number of aromatic nitrogens is 6. The van der Waals surface area contributed by atoms with E-state index in [1.807, 2.05) is 72.2 Å². The van der Waals surface area contributed by atoms with Crippen LogP contribution in [0, 0.1) is 5.82 Å². The van der Waals surface area contributed by atoms with Crippen molar-refractivity contribution in [3.8, 4) is 22.9 Å². The van der Waals surface area contributed by atoms with Gasteiger partial charge in [-0.05, 0) is 84.6 Å². The van der Waals surface area contributed by atoms with E-state index in [-0.39, 0.29) is 11.6 Å². The minimum Gasteiger partial charge on any atom is -0.383 e. The Morgan fingerprint density at radius 2 is 1.93 bits per heavy atom. The molecule has 1 amide bonds. The molecule has 0 fully saturated rings. The van der Waals surface area contributed by atoms with Crippen LogP contribution in [0.1, 0.15) is 33.9 Å². The number of imidazole rings is 1. The van der Waals surface area contributed by atoms with Crippen molar-refractivity contribution >= 4 is 28.6 Å². The standard InChI is InChI=1S/C32H28FN9O/c1-40(2)20-8-10-25(33)24(18-20)32(43)38-26-11-6-19-17-21(7-9-22(19)26)42-30(23-5-3-14-35-29(23)34)37-27-12-13-28(39-31(27)42)41-16-4-15-36-41/h3-5,7-10,12-18,26H,6,11H2,1-2H3,(H2,34,35)(H,38,43)/t26-/m0/s1. The Hall–Kier alpha value is -5.58. The Morgan fingerprint density at radius 3 is 2.72 bits per heavy atom. The zero-order valence-electron chi connectivity index (χ0n) is 23.6. The highest BCUT2D eigenvalue weighted by Gasteiger charge is 2.27. The summed E-state index contributed by atoms with van der Waals surface area (Å²) in [4.78, 5) is 29.1. The molecular formula is C32H28FN9O. The van der Waals surface area contributed by atoms with Gasteiger partial charge in [0.05, 0.1) is 17.2 Å². The number of carbonyl (C=O) groups excluding carboxylic acids is 1. The second-order valence-electron chi connectivity index (χ2n) is 10.7. The molecule has 4 heterocycles. The van der Waals surface area contributed by atoms with E-state index in [9.17, 15) is 9.18 Å². The number of rotatable bonds is 6. The number of hydrogen-bond donors (Lipinski definition) is 2. The summed E-state index contributed by atoms with van der Waals surface area (Å²) in [5.74, 6) is 0.644. The highest BCUT2D eigenvalue weighted by Crippen LogP contribution is 2.36. The molecule has 1 atom stereocenters. The second kappa shape index (κ2) is 10.4. The molecule has 3 N–H and O–H groups in total. The average Bonchev–Trinajstić information content (AvgIpc) is 3.76. The summed E-state index contributed by atoms with van der Waals surface area (Å²) in [6.45, 7) is 0. The van der Waals surface area contributed by atoms with Crippen molar-refractivity contribution in [3.05, 3.63) is 108 Å². The SMILES string of the molecule is CN(C)c1ccc(F)c(C(=O)N[C@H]2CCc3cc(-n4c(-c5cccnc5N)nc5ccc(-n6cccn6)nc54)ccc32)c1. The number of carbonyl (C=O) groups is 1. The molecule has 0 bridgehead atoms. The van der Waals surface area contributed by atoms with Crippen molar-refractivity contribution in [2.24, 2.45) is 0 Å². The van der Waals surface area contributed by atoms with E-state index < -0.39 is 11.7 Å². The van der Waals surface area contributed by atoms with E-state index >= 15 is 0 Å². The predicted octanol–water partition coefficient (Wildman–Crippen LogP) is 4.87. The van der Waals surface area contributed by atoms with Crippen LogP contribution in [0.5, 0.6) is 0 Å². The Morgan fingerprint density at radius 1 is 1.05 bits per heavy atom. The largest absolute Gasteiger partial charge is 0.383 e. The molecule has 2 aromatic carbocycles. The molecule has 11 heteroatoms. The number of benzene rings is 2. The highest BCUT2D eigenvalue weighted by atomic mass is 19.1. The van der Waals surface area contributed by atoms with Crippen LogP contribution in [0.3, 0.4) is 0 Å². The number of anilines is 2. The fraction of sp³-hybridized carbons (Fsp3) is 0.156. The fourth-order valence-electron chi connectivity index (χ4n) is 5.61. The minimum absolute atomic E-state index is 0.0268. The number of nitrogens with one attached hydrogen (secondary N) is 1. The molecular weight excluding hydrogens is 545 g/mol. The number of halogens is 1. The third-order valence-corrected chi connectivity index (χ3v) is 7.79. The smallest absolute Gasteiger partial charge is 0.254 e. The number of aryl methyl sites for hydroxylation is 1. The van der Waals surface area contributed by atoms with Crippen LogP contribution >= 0.6 is 0 Å². The van der Waals surface area contributed by atoms with Gasteiger partial charge < -0.3 is 16.0 Å². The summed E-state index contributed by atoms with van der Waals surface area (Å²) in [6, 6.07) is 19.7. The predicted molar refractivity (Wildman–Crippen MR) is 163 cm³/mol. The Labute approximate surface area is 246 Å². The summed E-state index contributed by atoms with van der Waals surface area (Å²) < 4.78 is 18.3. The molecule has 0 aliphatic heterocycles. The average molecular weight is 574 g/mol. The normalized spacial score (nSPS) is 14.2. The lowest BCUT2D eigenvalue weighted by atomic mass is 10.1. The Kier molecular flexibility index (Phi) is 6.34. The molecule has 0 spiro atoms. The number of nitrogens with zero attached hydrogens (tertiary/aromatic N) is 7.